The molecule has 0 aliphatic carbocycles. The molecular weight excluding hydrogens is 436 g/mol. The van der Waals surface area contributed by atoms with Crippen molar-refractivity contribution < 1.29 is 39.2 Å². The zero-order chi connectivity index (χ0) is 24.5. The Morgan fingerprint density at radius 2 is 1.67 bits per heavy atom. The number of cyclic esters (lactones) is 1. The van der Waals surface area contributed by atoms with Crippen molar-refractivity contribution in [2.75, 3.05) is 0 Å². The number of rotatable bonds is 4. The average Bonchev–Trinajstić information content (AvgIpc) is 3.49. The molecule has 3 N–H and O–H groups in total. The molecule has 2 aromatic heterocycles. The molecule has 1 fully saturated rings. The number of aromatic nitrogens is 4. The minimum atomic E-state index is -1.06. The zero-order valence-electron chi connectivity index (χ0n) is 17.8. The molecule has 174 valence electrons. The number of carboxylic acid groups (broad SMARTS) is 3. The first kappa shape index (κ1) is 24.8. The summed E-state index contributed by atoms with van der Waals surface area (Å²) in [5, 5.41) is 33.4. The highest BCUT2D eigenvalue weighted by molar-refractivity contribution is 5.86. The van der Waals surface area contributed by atoms with Gasteiger partial charge in [-0.25, -0.2) is 14.4 Å². The second kappa shape index (κ2) is 11.2. The van der Waals surface area contributed by atoms with Gasteiger partial charge < -0.3 is 24.6 Å². The Hall–Kier alpha value is -4.48. The van der Waals surface area contributed by atoms with Gasteiger partial charge in [0.05, 0.1) is 11.4 Å². The number of carbonyl (C=O) groups excluding carboxylic acids is 1. The number of hydrogen-bond donors (Lipinski definition) is 3. The number of aryl methyl sites for hydroxylation is 2. The Labute approximate surface area is 187 Å². The van der Waals surface area contributed by atoms with Crippen molar-refractivity contribution in [3.05, 3.63) is 65.7 Å². The number of nitrogens with zero attached hydrogens (tertiary/aromatic N) is 4. The van der Waals surface area contributed by atoms with Crippen LogP contribution in [-0.4, -0.2) is 64.9 Å². The van der Waals surface area contributed by atoms with E-state index >= 15 is 0 Å². The van der Waals surface area contributed by atoms with Crippen LogP contribution in [0.3, 0.4) is 0 Å². The van der Waals surface area contributed by atoms with Crippen LogP contribution in [-0.2, 0) is 21.4 Å². The van der Waals surface area contributed by atoms with Crippen LogP contribution in [0.5, 0.6) is 0 Å². The van der Waals surface area contributed by atoms with Gasteiger partial charge in [0, 0.05) is 26.1 Å². The van der Waals surface area contributed by atoms with E-state index in [0.29, 0.717) is 17.8 Å². The van der Waals surface area contributed by atoms with Crippen LogP contribution < -0.4 is 0 Å². The number of esters is 1. The summed E-state index contributed by atoms with van der Waals surface area (Å²) in [6, 6.07) is 12.4. The van der Waals surface area contributed by atoms with Crippen molar-refractivity contribution in [2.24, 2.45) is 7.05 Å². The van der Waals surface area contributed by atoms with Crippen molar-refractivity contribution in [2.45, 2.75) is 25.9 Å². The highest BCUT2D eigenvalue weighted by atomic mass is 16.6. The quantitative estimate of drug-likeness (QED) is 0.489. The number of carbonyl (C=O) groups is 4. The second-order valence-electron chi connectivity index (χ2n) is 6.73. The minimum absolute atomic E-state index is 0.0150. The van der Waals surface area contributed by atoms with Gasteiger partial charge in [-0.3, -0.25) is 4.79 Å². The lowest BCUT2D eigenvalue weighted by Crippen LogP contribution is -2.18. The van der Waals surface area contributed by atoms with Crippen LogP contribution in [0.25, 0.3) is 5.69 Å². The lowest BCUT2D eigenvalue weighted by atomic mass is 10.2. The lowest BCUT2D eigenvalue weighted by molar-refractivity contribution is -0.156. The summed E-state index contributed by atoms with van der Waals surface area (Å²) in [6.45, 7) is 1.62. The van der Waals surface area contributed by atoms with E-state index in [1.54, 1.807) is 36.9 Å². The predicted octanol–water partition coefficient (Wildman–Crippen LogP) is 1.77. The number of hydrogen-bond acceptors (Lipinski definition) is 7. The molecule has 3 aromatic rings. The molecule has 33 heavy (non-hydrogen) atoms. The summed E-state index contributed by atoms with van der Waals surface area (Å²) in [4.78, 5) is 42.7. The van der Waals surface area contributed by atoms with Gasteiger partial charge in [-0.05, 0) is 31.2 Å². The molecule has 1 aromatic carbocycles. The fourth-order valence-corrected chi connectivity index (χ4v) is 2.64. The fraction of sp³-hybridized carbons (Fsp3) is 0.238. The summed E-state index contributed by atoms with van der Waals surface area (Å²) in [5.41, 5.74) is 1.45. The van der Waals surface area contributed by atoms with Crippen LogP contribution >= 0.6 is 0 Å². The smallest absolute Gasteiger partial charge is 0.358 e. The molecular formula is C21H22N4O8. The van der Waals surface area contributed by atoms with E-state index in [1.165, 1.54) is 4.80 Å². The van der Waals surface area contributed by atoms with Gasteiger partial charge >= 0.3 is 23.9 Å². The Morgan fingerprint density at radius 1 is 1.00 bits per heavy atom. The number of benzene rings is 1. The van der Waals surface area contributed by atoms with E-state index < -0.39 is 30.0 Å². The maximum absolute atomic E-state index is 10.8. The van der Waals surface area contributed by atoms with E-state index in [4.69, 9.17) is 15.3 Å². The molecule has 0 spiro atoms. The van der Waals surface area contributed by atoms with Crippen molar-refractivity contribution in [3.63, 3.8) is 0 Å². The first-order valence-electron chi connectivity index (χ1n) is 9.59. The molecule has 1 atom stereocenters. The molecule has 1 aliphatic rings. The normalized spacial score (nSPS) is 14.2. The number of ether oxygens (including phenoxy) is 1. The summed E-state index contributed by atoms with van der Waals surface area (Å²) in [5.74, 6) is -3.42. The minimum Gasteiger partial charge on any atom is -0.479 e. The van der Waals surface area contributed by atoms with E-state index in [9.17, 15) is 19.2 Å². The van der Waals surface area contributed by atoms with Gasteiger partial charge in [0.15, 0.2) is 11.8 Å². The molecule has 0 unspecified atom stereocenters. The maximum Gasteiger partial charge on any atom is 0.358 e. The van der Waals surface area contributed by atoms with E-state index in [2.05, 4.69) is 14.9 Å². The van der Waals surface area contributed by atoms with Gasteiger partial charge in [0.25, 0.3) is 0 Å². The monoisotopic (exact) mass is 458 g/mol. The SMILES string of the molecule is Cc1nn(-c2ccccc2)nc1C(=O)O.Cn1cccc1C(=O)O.O=C1CC[C@@H](C(=O)O)O1. The molecule has 12 nitrogen and oxygen atoms in total. The van der Waals surface area contributed by atoms with Crippen LogP contribution in [0, 0.1) is 6.92 Å². The van der Waals surface area contributed by atoms with Crippen LogP contribution in [0.4, 0.5) is 0 Å². The lowest BCUT2D eigenvalue weighted by Gasteiger charge is -1.99. The Balaban J connectivity index is 0.000000186. The molecule has 0 saturated carbocycles. The Bertz CT molecular complexity index is 1140. The molecule has 1 aliphatic heterocycles. The summed E-state index contributed by atoms with van der Waals surface area (Å²) in [7, 11) is 1.70. The fourth-order valence-electron chi connectivity index (χ4n) is 2.64. The third-order valence-corrected chi connectivity index (χ3v) is 4.29. The van der Waals surface area contributed by atoms with Crippen molar-refractivity contribution in [1.29, 1.82) is 0 Å². The zero-order valence-corrected chi connectivity index (χ0v) is 17.8. The molecule has 0 radical (unpaired) electrons. The predicted molar refractivity (Wildman–Crippen MR) is 112 cm³/mol. The van der Waals surface area contributed by atoms with Gasteiger partial charge in [-0.2, -0.15) is 9.90 Å². The number of aromatic carboxylic acids is 2. The van der Waals surface area contributed by atoms with Crippen molar-refractivity contribution in [1.82, 2.24) is 19.6 Å². The topological polar surface area (TPSA) is 174 Å². The van der Waals surface area contributed by atoms with Gasteiger partial charge in [-0.15, -0.1) is 5.10 Å². The first-order chi connectivity index (χ1) is 15.6. The third kappa shape index (κ3) is 7.02. The third-order valence-electron chi connectivity index (χ3n) is 4.29. The van der Waals surface area contributed by atoms with Crippen molar-refractivity contribution >= 4 is 23.9 Å². The maximum atomic E-state index is 10.8. The van der Waals surface area contributed by atoms with E-state index in [1.807, 2.05) is 30.3 Å². The molecule has 4 rings (SSSR count). The summed E-state index contributed by atoms with van der Waals surface area (Å²) >= 11 is 0. The van der Waals surface area contributed by atoms with E-state index in [0.717, 1.165) is 5.69 Å². The molecule has 3 heterocycles. The molecule has 1 saturated heterocycles. The Kier molecular flexibility index (Phi) is 8.43. The molecule has 0 amide bonds. The standard InChI is InChI=1S/C10H9N3O2.C6H7NO2.C5H6O4/c1-7-9(10(14)15)12-13(11-7)8-5-3-2-4-6-8;1-7-4-2-3-5(7)6(8)9;6-4-2-1-3(9-4)5(7)8/h2-6H,1H3,(H,14,15);2-4H,1H3,(H,8,9);3H,1-2H2,(H,7,8)/t;;3-/m..0/s1. The number of carboxylic acids is 3. The van der Waals surface area contributed by atoms with Gasteiger partial charge in [-0.1, -0.05) is 18.2 Å². The largest absolute Gasteiger partial charge is 0.479 e. The van der Waals surface area contributed by atoms with Crippen LogP contribution in [0.1, 0.15) is 39.5 Å². The first-order valence-corrected chi connectivity index (χ1v) is 9.59. The second-order valence-corrected chi connectivity index (χ2v) is 6.73. The van der Waals surface area contributed by atoms with Crippen molar-refractivity contribution in [3.8, 4) is 5.69 Å². The van der Waals surface area contributed by atoms with Gasteiger partial charge in [0.1, 0.15) is 5.69 Å². The summed E-state index contributed by atoms with van der Waals surface area (Å²) in [6.07, 6.45) is 1.35. The van der Waals surface area contributed by atoms with Crippen LogP contribution in [0.2, 0.25) is 0 Å². The molecule has 12 heteroatoms. The van der Waals surface area contributed by atoms with Gasteiger partial charge in [0.2, 0.25) is 0 Å². The van der Waals surface area contributed by atoms with E-state index in [-0.39, 0.29) is 12.1 Å². The highest BCUT2D eigenvalue weighted by Gasteiger charge is 2.28. The summed E-state index contributed by atoms with van der Waals surface area (Å²) < 4.78 is 5.94. The Morgan fingerprint density at radius 3 is 2.03 bits per heavy atom. The highest BCUT2D eigenvalue weighted by Crippen LogP contribution is 2.13. The number of aliphatic carboxylic acids is 1. The molecule has 0 bridgehead atoms. The number of para-hydroxylation sites is 1. The average molecular weight is 458 g/mol. The van der Waals surface area contributed by atoms with Crippen LogP contribution in [0.15, 0.2) is 48.7 Å².